The van der Waals surface area contributed by atoms with Crippen LogP contribution in [0.4, 0.5) is 10.1 Å². The predicted octanol–water partition coefficient (Wildman–Crippen LogP) is 2.77. The summed E-state index contributed by atoms with van der Waals surface area (Å²) in [6, 6.07) is 9.28. The number of piperidine rings is 1. The van der Waals surface area contributed by atoms with Crippen LogP contribution in [-0.2, 0) is 9.53 Å². The number of aryl methyl sites for hydroxylation is 1. The van der Waals surface area contributed by atoms with Gasteiger partial charge in [0.2, 0.25) is 0 Å². The number of ether oxygens (including phenoxy) is 1. The van der Waals surface area contributed by atoms with Crippen LogP contribution in [0.3, 0.4) is 0 Å². The topological polar surface area (TPSA) is 63.0 Å². The van der Waals surface area contributed by atoms with Gasteiger partial charge in [0, 0.05) is 12.2 Å². The van der Waals surface area contributed by atoms with E-state index in [-0.39, 0.29) is 24.2 Å². The SMILES string of the molecule is Cc1ccc(C(=O)N2CCCC3(C2)CN(c2ccc(F)cc2)C(=O)CO3)o1. The fourth-order valence-corrected chi connectivity index (χ4v) is 3.79. The van der Waals surface area contributed by atoms with Crippen molar-refractivity contribution >= 4 is 17.5 Å². The third kappa shape index (κ3) is 3.47. The Kier molecular flexibility index (Phi) is 4.47. The van der Waals surface area contributed by atoms with Gasteiger partial charge in [0.05, 0.1) is 13.1 Å². The Bertz CT molecular complexity index is 863. The molecule has 0 saturated carbocycles. The lowest BCUT2D eigenvalue weighted by atomic mass is 9.90. The summed E-state index contributed by atoms with van der Waals surface area (Å²) in [5, 5.41) is 0. The van der Waals surface area contributed by atoms with Gasteiger partial charge in [-0.25, -0.2) is 4.39 Å². The zero-order valence-electron chi connectivity index (χ0n) is 15.1. The van der Waals surface area contributed by atoms with Crippen LogP contribution in [0, 0.1) is 12.7 Å². The minimum atomic E-state index is -0.627. The molecule has 0 bridgehead atoms. The summed E-state index contributed by atoms with van der Waals surface area (Å²) in [6.45, 7) is 3.08. The highest BCUT2D eigenvalue weighted by Crippen LogP contribution is 2.32. The summed E-state index contributed by atoms with van der Waals surface area (Å²) in [6.07, 6.45) is 1.52. The van der Waals surface area contributed by atoms with Gasteiger partial charge < -0.3 is 19.0 Å². The number of carbonyl (C=O) groups excluding carboxylic acids is 2. The number of rotatable bonds is 2. The van der Waals surface area contributed by atoms with Gasteiger partial charge in [-0.3, -0.25) is 9.59 Å². The summed E-state index contributed by atoms with van der Waals surface area (Å²) in [5.41, 5.74) is 0.00636. The molecule has 4 rings (SSSR count). The lowest BCUT2D eigenvalue weighted by Crippen LogP contribution is -2.62. The van der Waals surface area contributed by atoms with Gasteiger partial charge in [0.1, 0.15) is 23.8 Å². The van der Waals surface area contributed by atoms with Crippen molar-refractivity contribution in [2.75, 3.05) is 31.1 Å². The smallest absolute Gasteiger partial charge is 0.289 e. The minimum Gasteiger partial charge on any atom is -0.456 e. The van der Waals surface area contributed by atoms with Crippen LogP contribution < -0.4 is 4.90 Å². The maximum absolute atomic E-state index is 13.2. The highest BCUT2D eigenvalue weighted by Gasteiger charge is 2.44. The van der Waals surface area contributed by atoms with Crippen molar-refractivity contribution in [2.45, 2.75) is 25.4 Å². The Morgan fingerprint density at radius 1 is 1.15 bits per heavy atom. The van der Waals surface area contributed by atoms with Gasteiger partial charge in [0.15, 0.2) is 5.76 Å². The van der Waals surface area contributed by atoms with Gasteiger partial charge >= 0.3 is 0 Å². The number of hydrogen-bond acceptors (Lipinski definition) is 4. The average molecular weight is 372 g/mol. The van der Waals surface area contributed by atoms with Gasteiger partial charge in [-0.15, -0.1) is 0 Å². The molecule has 1 unspecified atom stereocenters. The molecule has 142 valence electrons. The van der Waals surface area contributed by atoms with E-state index in [1.807, 2.05) is 0 Å². The molecular weight excluding hydrogens is 351 g/mol. The van der Waals surface area contributed by atoms with Crippen molar-refractivity contribution < 1.29 is 23.1 Å². The van der Waals surface area contributed by atoms with Crippen LogP contribution in [-0.4, -0.2) is 48.6 Å². The summed E-state index contributed by atoms with van der Waals surface area (Å²) in [5.74, 6) is 0.310. The van der Waals surface area contributed by atoms with Crippen LogP contribution >= 0.6 is 0 Å². The number of benzene rings is 1. The first-order valence-electron chi connectivity index (χ1n) is 9.01. The van der Waals surface area contributed by atoms with Crippen LogP contribution in [0.25, 0.3) is 0 Å². The normalized spacial score (nSPS) is 23.1. The van der Waals surface area contributed by atoms with E-state index in [0.29, 0.717) is 36.8 Å². The Balaban J connectivity index is 1.54. The molecule has 0 radical (unpaired) electrons. The summed E-state index contributed by atoms with van der Waals surface area (Å²) in [4.78, 5) is 28.4. The predicted molar refractivity (Wildman–Crippen MR) is 96.0 cm³/mol. The minimum absolute atomic E-state index is 0.0563. The fourth-order valence-electron chi connectivity index (χ4n) is 3.79. The first-order valence-corrected chi connectivity index (χ1v) is 9.01. The first-order chi connectivity index (χ1) is 13.0. The van der Waals surface area contributed by atoms with E-state index in [2.05, 4.69) is 0 Å². The van der Waals surface area contributed by atoms with Crippen molar-refractivity contribution in [3.63, 3.8) is 0 Å². The molecule has 1 atom stereocenters. The molecule has 0 N–H and O–H groups in total. The molecular formula is C20H21FN2O4. The van der Waals surface area contributed by atoms with Gasteiger partial charge in [0.25, 0.3) is 11.8 Å². The Morgan fingerprint density at radius 2 is 1.93 bits per heavy atom. The molecule has 1 aromatic carbocycles. The second-order valence-electron chi connectivity index (χ2n) is 7.17. The number of hydrogen-bond donors (Lipinski definition) is 0. The Hall–Kier alpha value is -2.67. The monoisotopic (exact) mass is 372 g/mol. The summed E-state index contributed by atoms with van der Waals surface area (Å²) >= 11 is 0. The lowest BCUT2D eigenvalue weighted by Gasteiger charge is -2.47. The average Bonchev–Trinajstić information content (AvgIpc) is 3.11. The van der Waals surface area contributed by atoms with Crippen LogP contribution in [0.1, 0.15) is 29.2 Å². The number of amides is 2. The largest absolute Gasteiger partial charge is 0.456 e. The van der Waals surface area contributed by atoms with Gasteiger partial charge in [-0.2, -0.15) is 0 Å². The highest BCUT2D eigenvalue weighted by molar-refractivity contribution is 5.95. The molecule has 3 heterocycles. The molecule has 2 aliphatic rings. The number of morpholine rings is 1. The fraction of sp³-hybridized carbons (Fsp3) is 0.400. The summed E-state index contributed by atoms with van der Waals surface area (Å²) in [7, 11) is 0. The molecule has 1 spiro atoms. The Labute approximate surface area is 156 Å². The quantitative estimate of drug-likeness (QED) is 0.813. The number of furan rings is 1. The molecule has 6 nitrogen and oxygen atoms in total. The van der Waals surface area contributed by atoms with Crippen molar-refractivity contribution in [1.29, 1.82) is 0 Å². The molecule has 2 aliphatic heterocycles. The maximum Gasteiger partial charge on any atom is 0.289 e. The van der Waals surface area contributed by atoms with Crippen molar-refractivity contribution in [3.8, 4) is 0 Å². The number of halogens is 1. The molecule has 1 aromatic heterocycles. The maximum atomic E-state index is 13.2. The van der Waals surface area contributed by atoms with E-state index in [1.54, 1.807) is 41.0 Å². The highest BCUT2D eigenvalue weighted by atomic mass is 19.1. The second-order valence-corrected chi connectivity index (χ2v) is 7.17. The third-order valence-electron chi connectivity index (χ3n) is 5.17. The van der Waals surface area contributed by atoms with Gasteiger partial charge in [-0.05, 0) is 56.2 Å². The van der Waals surface area contributed by atoms with E-state index >= 15 is 0 Å². The molecule has 2 amide bonds. The Morgan fingerprint density at radius 3 is 2.63 bits per heavy atom. The molecule has 2 aromatic rings. The molecule has 7 heteroatoms. The summed E-state index contributed by atoms with van der Waals surface area (Å²) < 4.78 is 24.6. The van der Waals surface area contributed by atoms with Crippen LogP contribution in [0.2, 0.25) is 0 Å². The van der Waals surface area contributed by atoms with Crippen LogP contribution in [0.15, 0.2) is 40.8 Å². The van der Waals surface area contributed by atoms with E-state index in [0.717, 1.165) is 12.8 Å². The lowest BCUT2D eigenvalue weighted by molar-refractivity contribution is -0.144. The molecule has 2 saturated heterocycles. The number of anilines is 1. The van der Waals surface area contributed by atoms with Crippen molar-refractivity contribution in [3.05, 3.63) is 53.7 Å². The zero-order valence-corrected chi connectivity index (χ0v) is 15.1. The number of carbonyl (C=O) groups is 2. The van der Waals surface area contributed by atoms with E-state index in [1.165, 1.54) is 12.1 Å². The van der Waals surface area contributed by atoms with Crippen LogP contribution in [0.5, 0.6) is 0 Å². The van der Waals surface area contributed by atoms with Crippen molar-refractivity contribution in [1.82, 2.24) is 4.90 Å². The molecule has 0 aliphatic carbocycles. The standard InChI is InChI=1S/C20H21FN2O4/c1-14-3-8-17(27-14)19(25)22-10-2-9-20(12-22)13-23(18(24)11-26-20)16-6-4-15(21)5-7-16/h3-8H,2,9-13H2,1H3. The molecule has 2 fully saturated rings. The van der Waals surface area contributed by atoms with E-state index in [9.17, 15) is 14.0 Å². The van der Waals surface area contributed by atoms with E-state index < -0.39 is 5.60 Å². The van der Waals surface area contributed by atoms with Crippen molar-refractivity contribution in [2.24, 2.45) is 0 Å². The van der Waals surface area contributed by atoms with E-state index in [4.69, 9.17) is 9.15 Å². The zero-order chi connectivity index (χ0) is 19.0. The first kappa shape index (κ1) is 17.7. The second kappa shape index (κ2) is 6.81. The third-order valence-corrected chi connectivity index (χ3v) is 5.17. The number of nitrogens with zero attached hydrogens (tertiary/aromatic N) is 2. The number of likely N-dealkylation sites (tertiary alicyclic amines) is 1. The van der Waals surface area contributed by atoms with Gasteiger partial charge in [-0.1, -0.05) is 0 Å². The molecule has 27 heavy (non-hydrogen) atoms.